The van der Waals surface area contributed by atoms with Crippen molar-refractivity contribution in [3.8, 4) is 28.3 Å². The summed E-state index contributed by atoms with van der Waals surface area (Å²) in [7, 11) is -3.65. The number of nitrogen functional groups attached to an aromatic ring is 1. The standard InChI is InChI=1S/C22H19F3N6O3S/c1-12-9-14(10-16(28-12)20(24)25)18-19(13-3-5-15(23)6-4-13)29-22(26)30-21(18)34-11-17-27-7-8-31(17)35(2,32)33/h3-10,20H,11H2,1-2H3,(H2,26,29,30). The van der Waals surface area contributed by atoms with Gasteiger partial charge in [-0.1, -0.05) is 0 Å². The molecule has 182 valence electrons. The van der Waals surface area contributed by atoms with Crippen molar-refractivity contribution < 1.29 is 26.3 Å². The number of hydrogen-bond donors (Lipinski definition) is 1. The number of ether oxygens (including phenoxy) is 1. The smallest absolute Gasteiger partial charge is 0.280 e. The van der Waals surface area contributed by atoms with Crippen LogP contribution < -0.4 is 10.5 Å². The van der Waals surface area contributed by atoms with E-state index in [2.05, 4.69) is 19.9 Å². The zero-order valence-corrected chi connectivity index (χ0v) is 19.3. The molecule has 3 aromatic heterocycles. The third kappa shape index (κ3) is 5.24. The molecule has 0 aliphatic heterocycles. The number of aryl methyl sites for hydroxylation is 1. The van der Waals surface area contributed by atoms with Crippen LogP contribution in [0.5, 0.6) is 5.88 Å². The van der Waals surface area contributed by atoms with Gasteiger partial charge in [0.25, 0.3) is 6.43 Å². The summed E-state index contributed by atoms with van der Waals surface area (Å²) >= 11 is 0. The van der Waals surface area contributed by atoms with E-state index in [9.17, 15) is 21.6 Å². The lowest BCUT2D eigenvalue weighted by Crippen LogP contribution is -2.15. The molecule has 1 aromatic carbocycles. The Morgan fingerprint density at radius 2 is 1.80 bits per heavy atom. The maximum atomic E-state index is 13.6. The fourth-order valence-electron chi connectivity index (χ4n) is 3.45. The Bertz CT molecular complexity index is 1490. The molecule has 9 nitrogen and oxygen atoms in total. The Morgan fingerprint density at radius 3 is 2.46 bits per heavy atom. The van der Waals surface area contributed by atoms with E-state index >= 15 is 0 Å². The minimum Gasteiger partial charge on any atom is -0.469 e. The highest BCUT2D eigenvalue weighted by Gasteiger charge is 2.22. The van der Waals surface area contributed by atoms with Gasteiger partial charge in [0.1, 0.15) is 18.1 Å². The van der Waals surface area contributed by atoms with Crippen LogP contribution in [0.4, 0.5) is 19.1 Å². The van der Waals surface area contributed by atoms with Gasteiger partial charge in [-0.05, 0) is 48.9 Å². The molecule has 0 saturated carbocycles. The largest absolute Gasteiger partial charge is 0.469 e. The molecule has 0 atom stereocenters. The summed E-state index contributed by atoms with van der Waals surface area (Å²) < 4.78 is 71.3. The topological polar surface area (TPSA) is 126 Å². The molecule has 0 bridgehead atoms. The molecule has 13 heteroatoms. The first-order valence-corrected chi connectivity index (χ1v) is 11.9. The van der Waals surface area contributed by atoms with Crippen LogP contribution in [-0.4, -0.2) is 38.6 Å². The fourth-order valence-corrected chi connectivity index (χ4v) is 4.21. The summed E-state index contributed by atoms with van der Waals surface area (Å²) in [6.07, 6.45) is 0.711. The minimum absolute atomic E-state index is 0.0538. The molecule has 4 rings (SSSR count). The number of rotatable bonds is 7. The van der Waals surface area contributed by atoms with Crippen LogP contribution in [0.15, 0.2) is 48.8 Å². The number of benzene rings is 1. The van der Waals surface area contributed by atoms with Gasteiger partial charge in [-0.3, -0.25) is 4.98 Å². The number of alkyl halides is 2. The Labute approximate surface area is 198 Å². The van der Waals surface area contributed by atoms with Crippen LogP contribution in [0.1, 0.15) is 23.6 Å². The molecule has 0 radical (unpaired) electrons. The first-order chi connectivity index (χ1) is 16.5. The lowest BCUT2D eigenvalue weighted by atomic mass is 9.99. The van der Waals surface area contributed by atoms with Crippen LogP contribution in [-0.2, 0) is 16.6 Å². The first-order valence-electron chi connectivity index (χ1n) is 10.1. The van der Waals surface area contributed by atoms with Crippen molar-refractivity contribution in [1.29, 1.82) is 0 Å². The molecule has 35 heavy (non-hydrogen) atoms. The van der Waals surface area contributed by atoms with Gasteiger partial charge in [0.2, 0.25) is 21.9 Å². The molecule has 0 unspecified atom stereocenters. The highest BCUT2D eigenvalue weighted by molar-refractivity contribution is 7.89. The van der Waals surface area contributed by atoms with E-state index in [-0.39, 0.29) is 41.1 Å². The van der Waals surface area contributed by atoms with Gasteiger partial charge in [0.05, 0.1) is 17.5 Å². The monoisotopic (exact) mass is 504 g/mol. The van der Waals surface area contributed by atoms with Gasteiger partial charge < -0.3 is 10.5 Å². The quantitative estimate of drug-likeness (QED) is 0.403. The average Bonchev–Trinajstić information content (AvgIpc) is 3.27. The van der Waals surface area contributed by atoms with Gasteiger partial charge in [-0.25, -0.2) is 35.5 Å². The molecule has 0 amide bonds. The zero-order valence-electron chi connectivity index (χ0n) is 18.5. The maximum Gasteiger partial charge on any atom is 0.280 e. The van der Waals surface area contributed by atoms with Gasteiger partial charge in [-0.2, -0.15) is 4.98 Å². The van der Waals surface area contributed by atoms with E-state index in [1.165, 1.54) is 48.8 Å². The third-order valence-electron chi connectivity index (χ3n) is 4.87. The van der Waals surface area contributed by atoms with Crippen LogP contribution in [0.2, 0.25) is 0 Å². The molecule has 0 spiro atoms. The van der Waals surface area contributed by atoms with E-state index in [0.717, 1.165) is 10.2 Å². The van der Waals surface area contributed by atoms with E-state index in [0.29, 0.717) is 11.3 Å². The Kier molecular flexibility index (Phi) is 6.43. The highest BCUT2D eigenvalue weighted by Crippen LogP contribution is 2.39. The van der Waals surface area contributed by atoms with Crippen molar-refractivity contribution in [2.75, 3.05) is 12.0 Å². The van der Waals surface area contributed by atoms with E-state index in [1.807, 2.05) is 0 Å². The summed E-state index contributed by atoms with van der Waals surface area (Å²) in [6, 6.07) is 8.03. The Balaban J connectivity index is 1.90. The second-order valence-electron chi connectivity index (χ2n) is 7.53. The predicted octanol–water partition coefficient (Wildman–Crippen LogP) is 3.76. The molecule has 3 heterocycles. The molecule has 4 aromatic rings. The number of nitrogens with two attached hydrogens (primary N) is 1. The molecular weight excluding hydrogens is 485 g/mol. The third-order valence-corrected chi connectivity index (χ3v) is 5.92. The normalized spacial score (nSPS) is 11.7. The van der Waals surface area contributed by atoms with Crippen molar-refractivity contribution in [2.24, 2.45) is 0 Å². The van der Waals surface area contributed by atoms with Crippen molar-refractivity contribution >= 4 is 16.0 Å². The Morgan fingerprint density at radius 1 is 1.09 bits per heavy atom. The van der Waals surface area contributed by atoms with E-state index in [1.54, 1.807) is 6.92 Å². The number of anilines is 1. The van der Waals surface area contributed by atoms with Crippen LogP contribution in [0.25, 0.3) is 22.4 Å². The van der Waals surface area contributed by atoms with Gasteiger partial charge in [0.15, 0.2) is 5.82 Å². The fraction of sp³-hybridized carbons (Fsp3) is 0.182. The van der Waals surface area contributed by atoms with Crippen LogP contribution in [0, 0.1) is 12.7 Å². The summed E-state index contributed by atoms with van der Waals surface area (Å²) in [6.45, 7) is 1.21. The first kappa shape index (κ1) is 24.1. The van der Waals surface area contributed by atoms with E-state index < -0.39 is 28.0 Å². The van der Waals surface area contributed by atoms with Gasteiger partial charge in [-0.15, -0.1) is 0 Å². The van der Waals surface area contributed by atoms with Crippen molar-refractivity contribution in [3.63, 3.8) is 0 Å². The summed E-state index contributed by atoms with van der Waals surface area (Å²) in [5.74, 6) is -0.737. The lowest BCUT2D eigenvalue weighted by Gasteiger charge is -2.16. The number of aromatic nitrogens is 5. The zero-order chi connectivity index (χ0) is 25.3. The SMILES string of the molecule is Cc1cc(-c2c(OCc3nccn3S(C)(=O)=O)nc(N)nc2-c2ccc(F)cc2)cc(C(F)F)n1. The van der Waals surface area contributed by atoms with Crippen LogP contribution >= 0.6 is 0 Å². The second kappa shape index (κ2) is 9.33. The summed E-state index contributed by atoms with van der Waals surface area (Å²) in [5, 5.41) is 0. The van der Waals surface area contributed by atoms with Crippen molar-refractivity contribution in [1.82, 2.24) is 23.9 Å². The number of halogens is 3. The predicted molar refractivity (Wildman–Crippen MR) is 122 cm³/mol. The average molecular weight is 504 g/mol. The molecule has 0 fully saturated rings. The van der Waals surface area contributed by atoms with Gasteiger partial charge >= 0.3 is 0 Å². The van der Waals surface area contributed by atoms with Gasteiger partial charge in [0, 0.05) is 23.7 Å². The number of nitrogens with zero attached hydrogens (tertiary/aromatic N) is 5. The summed E-state index contributed by atoms with van der Waals surface area (Å²) in [5.41, 5.74) is 6.81. The minimum atomic E-state index is -3.65. The maximum absolute atomic E-state index is 13.6. The van der Waals surface area contributed by atoms with Crippen molar-refractivity contribution in [2.45, 2.75) is 20.0 Å². The number of imidazole rings is 1. The highest BCUT2D eigenvalue weighted by atomic mass is 32.2. The second-order valence-corrected chi connectivity index (χ2v) is 9.39. The molecule has 0 aliphatic carbocycles. The number of hydrogen-bond acceptors (Lipinski definition) is 8. The molecular formula is C22H19F3N6O3S. The van der Waals surface area contributed by atoms with E-state index in [4.69, 9.17) is 10.5 Å². The lowest BCUT2D eigenvalue weighted by molar-refractivity contribution is 0.146. The molecule has 0 saturated heterocycles. The number of pyridine rings is 1. The molecule has 2 N–H and O–H groups in total. The van der Waals surface area contributed by atoms with Crippen molar-refractivity contribution in [3.05, 3.63) is 71.8 Å². The summed E-state index contributed by atoms with van der Waals surface area (Å²) in [4.78, 5) is 16.2. The Hall–Kier alpha value is -4.00. The molecule has 0 aliphatic rings. The van der Waals surface area contributed by atoms with Crippen LogP contribution in [0.3, 0.4) is 0 Å².